The van der Waals surface area contributed by atoms with Crippen molar-refractivity contribution in [2.24, 2.45) is 0 Å². The molecule has 2 unspecified atom stereocenters. The molecule has 1 aromatic rings. The number of hydrogen-bond acceptors (Lipinski definition) is 2. The fraction of sp³-hybridized carbons (Fsp3) is 0.533. The monoisotopic (exact) mass is 264 g/mol. The zero-order chi connectivity index (χ0) is 14.0. The van der Waals surface area contributed by atoms with E-state index < -0.39 is 0 Å². The Morgan fingerprint density at radius 2 is 2.16 bits per heavy atom. The van der Waals surface area contributed by atoms with E-state index in [1.165, 1.54) is 0 Å². The van der Waals surface area contributed by atoms with Gasteiger partial charge in [0.25, 0.3) is 0 Å². The standard InChI is InChI=1S/C15H21FN2O/c1-9-6-10(2)14(12(16)7-9)11-4-5-18-13(8-11)15(19)17-3/h6-7,11,13,18H,4-5,8H2,1-3H3,(H,17,19). The van der Waals surface area contributed by atoms with Crippen LogP contribution in [-0.4, -0.2) is 25.5 Å². The van der Waals surface area contributed by atoms with Crippen LogP contribution in [0.4, 0.5) is 4.39 Å². The number of carbonyl (C=O) groups excluding carboxylic acids is 1. The topological polar surface area (TPSA) is 41.1 Å². The lowest BCUT2D eigenvalue weighted by atomic mass is 9.83. The van der Waals surface area contributed by atoms with Crippen molar-refractivity contribution in [1.82, 2.24) is 10.6 Å². The lowest BCUT2D eigenvalue weighted by molar-refractivity contribution is -0.123. The van der Waals surface area contributed by atoms with Gasteiger partial charge in [-0.05, 0) is 61.9 Å². The third-order valence-electron chi connectivity index (χ3n) is 3.86. The van der Waals surface area contributed by atoms with Crippen molar-refractivity contribution in [3.8, 4) is 0 Å². The van der Waals surface area contributed by atoms with Crippen molar-refractivity contribution in [3.05, 3.63) is 34.6 Å². The SMILES string of the molecule is CNC(=O)C1CC(c2c(C)cc(C)cc2F)CCN1. The Kier molecular flexibility index (Phi) is 4.20. The summed E-state index contributed by atoms with van der Waals surface area (Å²) in [6.07, 6.45) is 1.52. The Labute approximate surface area is 113 Å². The molecule has 1 amide bonds. The van der Waals surface area contributed by atoms with Crippen molar-refractivity contribution in [2.45, 2.75) is 38.6 Å². The van der Waals surface area contributed by atoms with E-state index in [4.69, 9.17) is 0 Å². The Balaban J connectivity index is 2.25. The van der Waals surface area contributed by atoms with Crippen LogP contribution in [0.2, 0.25) is 0 Å². The second-order valence-corrected chi connectivity index (χ2v) is 5.32. The van der Waals surface area contributed by atoms with E-state index in [0.29, 0.717) is 6.42 Å². The summed E-state index contributed by atoms with van der Waals surface area (Å²) in [5.74, 6) is -0.0425. The molecule has 2 atom stereocenters. The number of halogens is 1. The molecule has 1 saturated heterocycles. The normalized spacial score (nSPS) is 23.2. The molecule has 0 aliphatic carbocycles. The first-order valence-electron chi connectivity index (χ1n) is 6.74. The Hall–Kier alpha value is -1.42. The molecule has 0 bridgehead atoms. The summed E-state index contributed by atoms with van der Waals surface area (Å²) in [5, 5.41) is 5.84. The first-order valence-corrected chi connectivity index (χ1v) is 6.74. The molecular weight excluding hydrogens is 243 g/mol. The van der Waals surface area contributed by atoms with Crippen molar-refractivity contribution >= 4 is 5.91 Å². The smallest absolute Gasteiger partial charge is 0.236 e. The lowest BCUT2D eigenvalue weighted by Crippen LogP contribution is -2.47. The number of likely N-dealkylation sites (N-methyl/N-ethyl adjacent to an activating group) is 1. The van der Waals surface area contributed by atoms with Crippen LogP contribution in [0.15, 0.2) is 12.1 Å². The number of piperidine rings is 1. The molecule has 104 valence electrons. The van der Waals surface area contributed by atoms with Crippen molar-refractivity contribution in [2.75, 3.05) is 13.6 Å². The highest BCUT2D eigenvalue weighted by Crippen LogP contribution is 2.32. The van der Waals surface area contributed by atoms with Gasteiger partial charge in [-0.25, -0.2) is 4.39 Å². The second-order valence-electron chi connectivity index (χ2n) is 5.32. The van der Waals surface area contributed by atoms with Gasteiger partial charge in [0.2, 0.25) is 5.91 Å². The van der Waals surface area contributed by atoms with Crippen LogP contribution in [0, 0.1) is 19.7 Å². The summed E-state index contributed by atoms with van der Waals surface area (Å²) in [7, 11) is 1.63. The highest BCUT2D eigenvalue weighted by atomic mass is 19.1. The molecule has 3 nitrogen and oxygen atoms in total. The third-order valence-corrected chi connectivity index (χ3v) is 3.86. The van der Waals surface area contributed by atoms with Gasteiger partial charge in [-0.1, -0.05) is 6.07 Å². The molecule has 0 spiro atoms. The molecule has 0 saturated carbocycles. The minimum Gasteiger partial charge on any atom is -0.358 e. The summed E-state index contributed by atoms with van der Waals surface area (Å²) in [6.45, 7) is 4.59. The number of aryl methyl sites for hydroxylation is 2. The fourth-order valence-corrected chi connectivity index (χ4v) is 3.00. The van der Waals surface area contributed by atoms with Crippen LogP contribution < -0.4 is 10.6 Å². The molecule has 0 aromatic heterocycles. The van der Waals surface area contributed by atoms with Crippen molar-refractivity contribution < 1.29 is 9.18 Å². The highest BCUT2D eigenvalue weighted by molar-refractivity contribution is 5.81. The first kappa shape index (κ1) is 14.0. The minimum absolute atomic E-state index is 0.0186. The number of benzene rings is 1. The lowest BCUT2D eigenvalue weighted by Gasteiger charge is -2.30. The van der Waals surface area contributed by atoms with Crippen LogP contribution in [0.5, 0.6) is 0 Å². The third kappa shape index (κ3) is 2.95. The van der Waals surface area contributed by atoms with Gasteiger partial charge in [0.05, 0.1) is 6.04 Å². The molecule has 1 heterocycles. The summed E-state index contributed by atoms with van der Waals surface area (Å²) < 4.78 is 14.2. The van der Waals surface area contributed by atoms with Gasteiger partial charge in [0, 0.05) is 7.05 Å². The molecule has 2 N–H and O–H groups in total. The van der Waals surface area contributed by atoms with Gasteiger partial charge in [0.1, 0.15) is 5.82 Å². The number of carbonyl (C=O) groups is 1. The average Bonchev–Trinajstić information content (AvgIpc) is 2.37. The molecule has 1 aliphatic rings. The molecule has 19 heavy (non-hydrogen) atoms. The number of amides is 1. The highest BCUT2D eigenvalue weighted by Gasteiger charge is 2.29. The molecule has 0 radical (unpaired) electrons. The van der Waals surface area contributed by atoms with E-state index in [0.717, 1.165) is 29.7 Å². The van der Waals surface area contributed by atoms with E-state index in [1.54, 1.807) is 13.1 Å². The number of nitrogens with one attached hydrogen (secondary N) is 2. The van der Waals surface area contributed by atoms with E-state index >= 15 is 0 Å². The Bertz CT molecular complexity index is 464. The molecule has 4 heteroatoms. The zero-order valence-electron chi connectivity index (χ0n) is 11.7. The van der Waals surface area contributed by atoms with Gasteiger partial charge in [-0.15, -0.1) is 0 Å². The Morgan fingerprint density at radius 1 is 1.42 bits per heavy atom. The maximum Gasteiger partial charge on any atom is 0.236 e. The first-order chi connectivity index (χ1) is 9.02. The molecular formula is C15H21FN2O. The predicted molar refractivity (Wildman–Crippen MR) is 73.7 cm³/mol. The van der Waals surface area contributed by atoms with Crippen LogP contribution in [0.1, 0.15) is 35.4 Å². The maximum absolute atomic E-state index is 14.2. The van der Waals surface area contributed by atoms with Gasteiger partial charge < -0.3 is 10.6 Å². The van der Waals surface area contributed by atoms with Gasteiger partial charge in [0.15, 0.2) is 0 Å². The molecule has 1 fully saturated rings. The molecule has 2 rings (SSSR count). The quantitative estimate of drug-likeness (QED) is 0.858. The summed E-state index contributed by atoms with van der Waals surface area (Å²) >= 11 is 0. The predicted octanol–water partition coefficient (Wildman–Crippen LogP) is 2.02. The summed E-state index contributed by atoms with van der Waals surface area (Å²) in [5.41, 5.74) is 2.71. The van der Waals surface area contributed by atoms with E-state index in [-0.39, 0.29) is 23.7 Å². The largest absolute Gasteiger partial charge is 0.358 e. The van der Waals surface area contributed by atoms with Crippen molar-refractivity contribution in [1.29, 1.82) is 0 Å². The van der Waals surface area contributed by atoms with Crippen LogP contribution in [0.25, 0.3) is 0 Å². The van der Waals surface area contributed by atoms with Gasteiger partial charge in [-0.3, -0.25) is 4.79 Å². The van der Waals surface area contributed by atoms with E-state index in [1.807, 2.05) is 19.9 Å². The van der Waals surface area contributed by atoms with Gasteiger partial charge >= 0.3 is 0 Å². The number of rotatable bonds is 2. The minimum atomic E-state index is -0.219. The number of hydrogen-bond donors (Lipinski definition) is 2. The molecule has 1 aliphatic heterocycles. The fourth-order valence-electron chi connectivity index (χ4n) is 3.00. The molecule has 1 aromatic carbocycles. The second kappa shape index (κ2) is 5.70. The zero-order valence-corrected chi connectivity index (χ0v) is 11.7. The maximum atomic E-state index is 14.2. The van der Waals surface area contributed by atoms with E-state index in [2.05, 4.69) is 10.6 Å². The van der Waals surface area contributed by atoms with Crippen LogP contribution in [-0.2, 0) is 4.79 Å². The Morgan fingerprint density at radius 3 is 2.79 bits per heavy atom. The van der Waals surface area contributed by atoms with E-state index in [9.17, 15) is 9.18 Å². The van der Waals surface area contributed by atoms with Crippen molar-refractivity contribution in [3.63, 3.8) is 0 Å². The summed E-state index contributed by atoms with van der Waals surface area (Å²) in [4.78, 5) is 11.7. The van der Waals surface area contributed by atoms with Gasteiger partial charge in [-0.2, -0.15) is 0 Å². The average molecular weight is 264 g/mol. The summed E-state index contributed by atoms with van der Waals surface area (Å²) in [6, 6.07) is 3.37. The van der Waals surface area contributed by atoms with Crippen LogP contribution >= 0.6 is 0 Å². The van der Waals surface area contributed by atoms with Crippen LogP contribution in [0.3, 0.4) is 0 Å².